The van der Waals surface area contributed by atoms with Crippen molar-refractivity contribution in [1.82, 2.24) is 4.98 Å². The molecule has 1 aromatic carbocycles. The molecule has 2 rings (SSSR count). The molecular weight excluding hydrogens is 232 g/mol. The Bertz CT molecular complexity index is 476. The molecule has 0 aliphatic heterocycles. The summed E-state index contributed by atoms with van der Waals surface area (Å²) >= 11 is 3.39. The van der Waals surface area contributed by atoms with Gasteiger partial charge in [0.2, 0.25) is 0 Å². The van der Waals surface area contributed by atoms with E-state index in [4.69, 9.17) is 10.2 Å². The molecule has 0 bridgehead atoms. The van der Waals surface area contributed by atoms with Crippen LogP contribution in [0.25, 0.3) is 11.1 Å². The smallest absolute Gasteiger partial charge is 0.192 e. The highest BCUT2D eigenvalue weighted by atomic mass is 79.9. The normalized spacial score (nSPS) is 11.0. The molecule has 0 aliphatic rings. The molecule has 0 saturated heterocycles. The van der Waals surface area contributed by atoms with Gasteiger partial charge in [-0.25, -0.2) is 4.98 Å². The summed E-state index contributed by atoms with van der Waals surface area (Å²) in [7, 11) is 0. The van der Waals surface area contributed by atoms with Crippen LogP contribution >= 0.6 is 15.9 Å². The van der Waals surface area contributed by atoms with Crippen LogP contribution in [-0.2, 0) is 0 Å². The van der Waals surface area contributed by atoms with Crippen LogP contribution < -0.4 is 5.73 Å². The quantitative estimate of drug-likeness (QED) is 0.721. The van der Waals surface area contributed by atoms with Crippen molar-refractivity contribution in [1.29, 1.82) is 0 Å². The highest BCUT2D eigenvalue weighted by molar-refractivity contribution is 9.10. The van der Waals surface area contributed by atoms with E-state index in [2.05, 4.69) is 20.9 Å². The van der Waals surface area contributed by atoms with E-state index in [0.29, 0.717) is 11.6 Å². The van der Waals surface area contributed by atoms with E-state index >= 15 is 0 Å². The van der Waals surface area contributed by atoms with Gasteiger partial charge in [0.1, 0.15) is 5.52 Å². The Balaban J connectivity index is 2.92. The van der Waals surface area contributed by atoms with Crippen molar-refractivity contribution in [2.75, 3.05) is 5.73 Å². The Morgan fingerprint density at radius 3 is 2.85 bits per heavy atom. The van der Waals surface area contributed by atoms with Gasteiger partial charge in [-0.3, -0.25) is 0 Å². The predicted molar refractivity (Wildman–Crippen MR) is 55.6 cm³/mol. The number of anilines is 1. The Morgan fingerprint density at radius 1 is 1.46 bits per heavy atom. The van der Waals surface area contributed by atoms with E-state index in [-0.39, 0.29) is 0 Å². The lowest BCUT2D eigenvalue weighted by Crippen LogP contribution is -1.90. The van der Waals surface area contributed by atoms with Crippen molar-refractivity contribution in [2.24, 2.45) is 0 Å². The van der Waals surface area contributed by atoms with Gasteiger partial charge in [0, 0.05) is 6.92 Å². The Labute approximate surface area is 84.1 Å². The second-order valence-corrected chi connectivity index (χ2v) is 3.80. The van der Waals surface area contributed by atoms with Gasteiger partial charge in [-0.05, 0) is 34.5 Å². The van der Waals surface area contributed by atoms with Crippen LogP contribution in [0.3, 0.4) is 0 Å². The fraction of sp³-hybridized carbons (Fsp3) is 0.222. The van der Waals surface area contributed by atoms with Gasteiger partial charge in [0.15, 0.2) is 11.5 Å². The van der Waals surface area contributed by atoms with Crippen molar-refractivity contribution >= 4 is 32.7 Å². The number of oxazole rings is 1. The summed E-state index contributed by atoms with van der Waals surface area (Å²) in [5.41, 5.74) is 9.11. The third-order valence-electron chi connectivity index (χ3n) is 1.97. The maximum atomic E-state index is 5.82. The van der Waals surface area contributed by atoms with E-state index in [1.54, 1.807) is 0 Å². The van der Waals surface area contributed by atoms with Gasteiger partial charge in [0.25, 0.3) is 0 Å². The van der Waals surface area contributed by atoms with Crippen molar-refractivity contribution in [3.63, 3.8) is 0 Å². The van der Waals surface area contributed by atoms with E-state index in [9.17, 15) is 0 Å². The van der Waals surface area contributed by atoms with Gasteiger partial charge in [-0.15, -0.1) is 0 Å². The van der Waals surface area contributed by atoms with Gasteiger partial charge < -0.3 is 10.2 Å². The lowest BCUT2D eigenvalue weighted by Gasteiger charge is -2.01. The number of hydrogen-bond acceptors (Lipinski definition) is 3. The van der Waals surface area contributed by atoms with E-state index in [1.165, 1.54) is 0 Å². The lowest BCUT2D eigenvalue weighted by molar-refractivity contribution is 0.560. The van der Waals surface area contributed by atoms with Crippen LogP contribution in [-0.4, -0.2) is 4.98 Å². The maximum Gasteiger partial charge on any atom is 0.192 e. The zero-order valence-electron chi connectivity index (χ0n) is 7.39. The second-order valence-electron chi connectivity index (χ2n) is 3.00. The molecule has 2 N–H and O–H groups in total. The lowest BCUT2D eigenvalue weighted by atomic mass is 10.2. The topological polar surface area (TPSA) is 52.0 Å². The van der Waals surface area contributed by atoms with E-state index in [1.807, 2.05) is 19.9 Å². The largest absolute Gasteiger partial charge is 0.440 e. The summed E-state index contributed by atoms with van der Waals surface area (Å²) in [6, 6.07) is 1.92. The molecule has 0 amide bonds. The monoisotopic (exact) mass is 240 g/mol. The summed E-state index contributed by atoms with van der Waals surface area (Å²) < 4.78 is 6.19. The number of hydrogen-bond donors (Lipinski definition) is 1. The second kappa shape index (κ2) is 2.73. The summed E-state index contributed by atoms with van der Waals surface area (Å²) in [6.45, 7) is 3.77. The zero-order valence-corrected chi connectivity index (χ0v) is 8.97. The Hall–Kier alpha value is -1.03. The van der Waals surface area contributed by atoms with Crippen LogP contribution in [0.5, 0.6) is 0 Å². The van der Waals surface area contributed by atoms with E-state index < -0.39 is 0 Å². The molecule has 4 heteroatoms. The molecule has 0 spiro atoms. The molecule has 1 aromatic heterocycles. The summed E-state index contributed by atoms with van der Waals surface area (Å²) in [6.07, 6.45) is 0. The molecule has 0 radical (unpaired) electrons. The minimum absolute atomic E-state index is 0.653. The first kappa shape index (κ1) is 8.56. The van der Waals surface area contributed by atoms with Crippen molar-refractivity contribution in [3.05, 3.63) is 22.0 Å². The zero-order chi connectivity index (χ0) is 9.59. The van der Waals surface area contributed by atoms with Gasteiger partial charge in [-0.1, -0.05) is 0 Å². The molecule has 13 heavy (non-hydrogen) atoms. The summed E-state index contributed by atoms with van der Waals surface area (Å²) in [5, 5.41) is 0. The molecule has 68 valence electrons. The predicted octanol–water partition coefficient (Wildman–Crippen LogP) is 2.79. The maximum absolute atomic E-state index is 5.82. The molecular formula is C9H9BrN2O. The molecule has 0 saturated carbocycles. The summed E-state index contributed by atoms with van der Waals surface area (Å²) in [5.74, 6) is 0.653. The first-order valence-electron chi connectivity index (χ1n) is 3.91. The van der Waals surface area contributed by atoms with Gasteiger partial charge in [0.05, 0.1) is 10.2 Å². The van der Waals surface area contributed by atoms with Crippen molar-refractivity contribution in [2.45, 2.75) is 13.8 Å². The number of nitrogens with zero attached hydrogens (tertiary/aromatic N) is 1. The Kier molecular flexibility index (Phi) is 1.80. The third kappa shape index (κ3) is 1.21. The first-order valence-corrected chi connectivity index (χ1v) is 4.70. The number of rotatable bonds is 0. The van der Waals surface area contributed by atoms with Crippen molar-refractivity contribution in [3.8, 4) is 0 Å². The average Bonchev–Trinajstić information content (AvgIpc) is 2.42. The third-order valence-corrected chi connectivity index (χ3v) is 2.76. The highest BCUT2D eigenvalue weighted by Crippen LogP contribution is 2.32. The van der Waals surface area contributed by atoms with Crippen LogP contribution in [0.15, 0.2) is 15.0 Å². The van der Waals surface area contributed by atoms with E-state index in [0.717, 1.165) is 21.1 Å². The number of aryl methyl sites for hydroxylation is 2. The molecule has 3 nitrogen and oxygen atoms in total. The standard InChI is InChI=1S/C9H9BrN2O/c1-4-3-6-9(7(10)8(4)11)13-5(2)12-6/h3H,11H2,1-2H3. The van der Waals surface area contributed by atoms with Crippen LogP contribution in [0.1, 0.15) is 11.5 Å². The van der Waals surface area contributed by atoms with Crippen molar-refractivity contribution < 1.29 is 4.42 Å². The minimum Gasteiger partial charge on any atom is -0.440 e. The summed E-state index contributed by atoms with van der Waals surface area (Å²) in [4.78, 5) is 4.22. The minimum atomic E-state index is 0.653. The van der Waals surface area contributed by atoms with Crippen LogP contribution in [0, 0.1) is 13.8 Å². The number of fused-ring (bicyclic) bond motifs is 1. The first-order chi connectivity index (χ1) is 6.09. The van der Waals surface area contributed by atoms with Gasteiger partial charge in [-0.2, -0.15) is 0 Å². The molecule has 2 aromatic rings. The number of aromatic nitrogens is 1. The fourth-order valence-corrected chi connectivity index (χ4v) is 1.87. The number of benzene rings is 1. The highest BCUT2D eigenvalue weighted by Gasteiger charge is 2.10. The van der Waals surface area contributed by atoms with Gasteiger partial charge >= 0.3 is 0 Å². The number of nitrogen functional groups attached to an aromatic ring is 1. The molecule has 0 fully saturated rings. The molecule has 0 atom stereocenters. The molecule has 1 heterocycles. The van der Waals surface area contributed by atoms with Crippen LogP contribution in [0.4, 0.5) is 5.69 Å². The molecule has 0 aliphatic carbocycles. The number of halogens is 1. The number of nitrogens with two attached hydrogens (primary N) is 1. The average molecular weight is 241 g/mol. The SMILES string of the molecule is Cc1nc2cc(C)c(N)c(Br)c2o1. The molecule has 0 unspecified atom stereocenters. The Morgan fingerprint density at radius 2 is 2.15 bits per heavy atom. The van der Waals surface area contributed by atoms with Crippen LogP contribution in [0.2, 0.25) is 0 Å². The fourth-order valence-electron chi connectivity index (χ4n) is 1.28.